The number of nitrogens with zero attached hydrogens (tertiary/aromatic N) is 1. The molecular formula is C7H16N2O3S. The van der Waals surface area contributed by atoms with Crippen LogP contribution in [0.5, 0.6) is 0 Å². The van der Waals surface area contributed by atoms with E-state index in [9.17, 15) is 8.42 Å². The highest BCUT2D eigenvalue weighted by molar-refractivity contribution is 7.86. The maximum Gasteiger partial charge on any atom is 0.301 e. The number of hydrogen-bond acceptors (Lipinski definition) is 3. The second-order valence-corrected chi connectivity index (χ2v) is 5.24. The SMILES string of the molecule is CN(C)S(=O)(=O)NOC1CCCC1. The summed E-state index contributed by atoms with van der Waals surface area (Å²) in [5.74, 6) is 0. The normalized spacial score (nSPS) is 19.9. The molecule has 0 radical (unpaired) electrons. The molecule has 5 nitrogen and oxygen atoms in total. The lowest BCUT2D eigenvalue weighted by Gasteiger charge is -2.15. The highest BCUT2D eigenvalue weighted by Crippen LogP contribution is 2.20. The van der Waals surface area contributed by atoms with Crippen molar-refractivity contribution in [1.29, 1.82) is 0 Å². The largest absolute Gasteiger partial charge is 0.301 e. The van der Waals surface area contributed by atoms with Crippen LogP contribution in [0.1, 0.15) is 25.7 Å². The van der Waals surface area contributed by atoms with Crippen LogP contribution in [-0.4, -0.2) is 32.9 Å². The zero-order chi connectivity index (χ0) is 9.90. The molecule has 0 heterocycles. The third-order valence-electron chi connectivity index (χ3n) is 2.10. The van der Waals surface area contributed by atoms with E-state index in [2.05, 4.69) is 4.89 Å². The smallest absolute Gasteiger partial charge is 0.283 e. The van der Waals surface area contributed by atoms with Crippen molar-refractivity contribution in [2.75, 3.05) is 14.1 Å². The Morgan fingerprint density at radius 2 is 1.85 bits per heavy atom. The van der Waals surface area contributed by atoms with E-state index < -0.39 is 10.2 Å². The molecule has 1 fully saturated rings. The molecule has 0 aliphatic heterocycles. The Bertz CT molecular complexity index is 244. The summed E-state index contributed by atoms with van der Waals surface area (Å²) in [6, 6.07) is 0. The monoisotopic (exact) mass is 208 g/mol. The number of rotatable bonds is 4. The molecule has 1 rings (SSSR count). The summed E-state index contributed by atoms with van der Waals surface area (Å²) in [5.41, 5.74) is 0. The Labute approximate surface area is 79.2 Å². The fourth-order valence-electron chi connectivity index (χ4n) is 1.21. The first kappa shape index (κ1) is 10.9. The highest BCUT2D eigenvalue weighted by Gasteiger charge is 2.20. The van der Waals surface area contributed by atoms with Gasteiger partial charge in [-0.25, -0.2) is 0 Å². The first-order valence-corrected chi connectivity index (χ1v) is 5.81. The van der Waals surface area contributed by atoms with E-state index in [4.69, 9.17) is 4.84 Å². The van der Waals surface area contributed by atoms with Crippen molar-refractivity contribution >= 4 is 10.2 Å². The van der Waals surface area contributed by atoms with Gasteiger partial charge in [-0.2, -0.15) is 12.7 Å². The summed E-state index contributed by atoms with van der Waals surface area (Å²) in [6.45, 7) is 0. The maximum absolute atomic E-state index is 11.2. The molecule has 1 N–H and O–H groups in total. The number of nitrogens with one attached hydrogen (secondary N) is 1. The Morgan fingerprint density at radius 1 is 1.31 bits per heavy atom. The van der Waals surface area contributed by atoms with Crippen molar-refractivity contribution in [3.05, 3.63) is 0 Å². The van der Waals surface area contributed by atoms with E-state index in [-0.39, 0.29) is 6.10 Å². The minimum absolute atomic E-state index is 0.0507. The molecule has 0 unspecified atom stereocenters. The van der Waals surface area contributed by atoms with Gasteiger partial charge in [-0.15, -0.1) is 0 Å². The van der Waals surface area contributed by atoms with E-state index in [0.29, 0.717) is 0 Å². The summed E-state index contributed by atoms with van der Waals surface area (Å²) in [4.78, 5) is 7.15. The summed E-state index contributed by atoms with van der Waals surface area (Å²) >= 11 is 0. The van der Waals surface area contributed by atoms with Crippen LogP contribution in [0.4, 0.5) is 0 Å². The maximum atomic E-state index is 11.2. The zero-order valence-corrected chi connectivity index (χ0v) is 8.80. The quantitative estimate of drug-likeness (QED) is 0.674. The minimum Gasteiger partial charge on any atom is -0.283 e. The van der Waals surface area contributed by atoms with Gasteiger partial charge in [0.2, 0.25) is 0 Å². The predicted octanol–water partition coefficient (Wildman–Crippen LogP) is 0.257. The fraction of sp³-hybridized carbons (Fsp3) is 1.00. The minimum atomic E-state index is -3.42. The molecule has 0 aromatic carbocycles. The third kappa shape index (κ3) is 3.22. The first-order valence-electron chi connectivity index (χ1n) is 4.37. The Hall–Kier alpha value is -0.170. The molecule has 0 amide bonds. The van der Waals surface area contributed by atoms with Gasteiger partial charge in [0.05, 0.1) is 6.10 Å². The van der Waals surface area contributed by atoms with Crippen molar-refractivity contribution < 1.29 is 13.3 Å². The summed E-state index contributed by atoms with van der Waals surface area (Å²) < 4.78 is 23.4. The lowest BCUT2D eigenvalue weighted by atomic mass is 10.3. The van der Waals surface area contributed by atoms with Crippen molar-refractivity contribution in [2.24, 2.45) is 0 Å². The molecule has 78 valence electrons. The second-order valence-electron chi connectivity index (χ2n) is 3.40. The second kappa shape index (κ2) is 4.36. The van der Waals surface area contributed by atoms with Gasteiger partial charge in [0.25, 0.3) is 0 Å². The Balaban J connectivity index is 2.33. The molecule has 0 aromatic heterocycles. The molecule has 13 heavy (non-hydrogen) atoms. The average molecular weight is 208 g/mol. The van der Waals surface area contributed by atoms with Gasteiger partial charge in [0.1, 0.15) is 0 Å². The van der Waals surface area contributed by atoms with E-state index >= 15 is 0 Å². The molecule has 0 saturated heterocycles. The van der Waals surface area contributed by atoms with Gasteiger partial charge in [-0.05, 0) is 12.8 Å². The Morgan fingerprint density at radius 3 is 2.31 bits per heavy atom. The van der Waals surface area contributed by atoms with E-state index in [1.807, 2.05) is 0 Å². The van der Waals surface area contributed by atoms with Crippen LogP contribution >= 0.6 is 0 Å². The molecule has 0 atom stereocenters. The zero-order valence-electron chi connectivity index (χ0n) is 7.99. The molecule has 0 bridgehead atoms. The van der Waals surface area contributed by atoms with Crippen molar-refractivity contribution in [3.63, 3.8) is 0 Å². The highest BCUT2D eigenvalue weighted by atomic mass is 32.2. The van der Waals surface area contributed by atoms with Crippen LogP contribution in [0.25, 0.3) is 0 Å². The van der Waals surface area contributed by atoms with Gasteiger partial charge in [-0.3, -0.25) is 4.84 Å². The van der Waals surface area contributed by atoms with Crippen LogP contribution < -0.4 is 4.89 Å². The Kier molecular flexibility index (Phi) is 3.66. The van der Waals surface area contributed by atoms with Crippen molar-refractivity contribution in [2.45, 2.75) is 31.8 Å². The van der Waals surface area contributed by atoms with Gasteiger partial charge >= 0.3 is 10.2 Å². The van der Waals surface area contributed by atoms with Gasteiger partial charge in [0, 0.05) is 14.1 Å². The van der Waals surface area contributed by atoms with E-state index in [1.165, 1.54) is 14.1 Å². The van der Waals surface area contributed by atoms with Crippen molar-refractivity contribution in [1.82, 2.24) is 9.19 Å². The van der Waals surface area contributed by atoms with Gasteiger partial charge in [0.15, 0.2) is 0 Å². The number of hydrogen-bond donors (Lipinski definition) is 1. The van der Waals surface area contributed by atoms with Gasteiger partial charge < -0.3 is 0 Å². The molecule has 1 aliphatic rings. The summed E-state index contributed by atoms with van der Waals surface area (Å²) in [5, 5.41) is 0. The molecule has 1 aliphatic carbocycles. The molecule has 0 aromatic rings. The standard InChI is InChI=1S/C7H16N2O3S/c1-9(2)13(10,11)8-12-7-5-3-4-6-7/h7-8H,3-6H2,1-2H3. The topological polar surface area (TPSA) is 58.6 Å². The lowest BCUT2D eigenvalue weighted by Crippen LogP contribution is -2.37. The van der Waals surface area contributed by atoms with Crippen LogP contribution in [0, 0.1) is 0 Å². The third-order valence-corrected chi connectivity index (χ3v) is 3.37. The molecule has 0 spiro atoms. The van der Waals surface area contributed by atoms with Gasteiger partial charge in [-0.1, -0.05) is 17.7 Å². The summed E-state index contributed by atoms with van der Waals surface area (Å²) in [6.07, 6.45) is 4.17. The average Bonchev–Trinajstić information content (AvgIpc) is 2.52. The summed E-state index contributed by atoms with van der Waals surface area (Å²) in [7, 11) is -0.507. The van der Waals surface area contributed by atoms with E-state index in [1.54, 1.807) is 0 Å². The van der Waals surface area contributed by atoms with Crippen LogP contribution in [0.15, 0.2) is 0 Å². The van der Waals surface area contributed by atoms with Crippen LogP contribution in [0.2, 0.25) is 0 Å². The molecule has 6 heteroatoms. The van der Waals surface area contributed by atoms with Crippen LogP contribution in [0.3, 0.4) is 0 Å². The molecular weight excluding hydrogens is 192 g/mol. The van der Waals surface area contributed by atoms with E-state index in [0.717, 1.165) is 30.0 Å². The molecule has 1 saturated carbocycles. The van der Waals surface area contributed by atoms with Crippen LogP contribution in [-0.2, 0) is 15.0 Å². The predicted molar refractivity (Wildman–Crippen MR) is 49.1 cm³/mol. The van der Waals surface area contributed by atoms with Crippen molar-refractivity contribution in [3.8, 4) is 0 Å². The lowest BCUT2D eigenvalue weighted by molar-refractivity contribution is 0.0199. The fourth-order valence-corrected chi connectivity index (χ4v) is 1.62. The first-order chi connectivity index (χ1) is 6.02.